The van der Waals surface area contributed by atoms with Crippen LogP contribution in [0.25, 0.3) is 0 Å². The molecule has 34 heavy (non-hydrogen) atoms. The first-order chi connectivity index (χ1) is 16.2. The molecule has 0 aliphatic heterocycles. The van der Waals surface area contributed by atoms with Crippen molar-refractivity contribution >= 4 is 51.0 Å². The van der Waals surface area contributed by atoms with E-state index in [1.165, 1.54) is 42.5 Å². The summed E-state index contributed by atoms with van der Waals surface area (Å²) in [7, 11) is -4.08. The highest BCUT2D eigenvalue weighted by Crippen LogP contribution is 2.21. The number of hydrazone groups is 1. The number of amides is 1. The molecule has 0 aromatic heterocycles. The standard InChI is InChI=1S/C22H18Cl2N4O5S/c23-18-7-5-16(6-8-18)14-27(34(32,33)20-11-9-19(24)10-12-20)15-22(29)26-25-13-17-3-1-2-4-21(17)28(30)31/h1-13H,14-15H2,(H,26,29)/b25-13-. The number of rotatable bonds is 9. The van der Waals surface area contributed by atoms with Crippen molar-refractivity contribution in [2.45, 2.75) is 11.4 Å². The summed E-state index contributed by atoms with van der Waals surface area (Å²) in [5.74, 6) is -0.735. The number of nitro groups is 1. The predicted octanol–water partition coefficient (Wildman–Crippen LogP) is 4.24. The van der Waals surface area contributed by atoms with E-state index in [0.29, 0.717) is 15.6 Å². The first-order valence-corrected chi connectivity index (χ1v) is 11.9. The van der Waals surface area contributed by atoms with Crippen LogP contribution in [0.5, 0.6) is 0 Å². The number of halogens is 2. The van der Waals surface area contributed by atoms with E-state index < -0.39 is 27.4 Å². The number of benzene rings is 3. The number of nitrogens with one attached hydrogen (secondary N) is 1. The lowest BCUT2D eigenvalue weighted by atomic mass is 10.2. The maximum atomic E-state index is 13.2. The highest BCUT2D eigenvalue weighted by Gasteiger charge is 2.27. The minimum atomic E-state index is -4.08. The summed E-state index contributed by atoms with van der Waals surface area (Å²) in [6.45, 7) is -0.661. The van der Waals surface area contributed by atoms with Gasteiger partial charge in [-0.1, -0.05) is 47.5 Å². The van der Waals surface area contributed by atoms with Crippen molar-refractivity contribution < 1.29 is 18.1 Å². The third-order valence-corrected chi connectivity index (χ3v) is 6.88. The minimum absolute atomic E-state index is 0.0397. The Morgan fingerprint density at radius 3 is 2.21 bits per heavy atom. The fourth-order valence-corrected chi connectivity index (χ4v) is 4.54. The number of carbonyl (C=O) groups excluding carboxylic acids is 1. The minimum Gasteiger partial charge on any atom is -0.272 e. The Morgan fingerprint density at radius 1 is 1.00 bits per heavy atom. The molecule has 3 aromatic rings. The van der Waals surface area contributed by atoms with Crippen LogP contribution < -0.4 is 5.43 Å². The predicted molar refractivity (Wildman–Crippen MR) is 129 cm³/mol. The van der Waals surface area contributed by atoms with Gasteiger partial charge in [0.2, 0.25) is 10.0 Å². The maximum absolute atomic E-state index is 13.2. The molecule has 3 aromatic carbocycles. The molecule has 0 unspecified atom stereocenters. The summed E-state index contributed by atoms with van der Waals surface area (Å²) >= 11 is 11.8. The molecule has 1 N–H and O–H groups in total. The Balaban J connectivity index is 1.80. The number of hydrogen-bond donors (Lipinski definition) is 1. The fourth-order valence-electron chi connectivity index (χ4n) is 2.91. The lowest BCUT2D eigenvalue weighted by Crippen LogP contribution is -2.39. The van der Waals surface area contributed by atoms with Crippen molar-refractivity contribution in [1.82, 2.24) is 9.73 Å². The van der Waals surface area contributed by atoms with Gasteiger partial charge in [-0.05, 0) is 48.0 Å². The monoisotopic (exact) mass is 520 g/mol. The van der Waals surface area contributed by atoms with Gasteiger partial charge in [0.15, 0.2) is 0 Å². The molecule has 0 fully saturated rings. The highest BCUT2D eigenvalue weighted by atomic mass is 35.5. The maximum Gasteiger partial charge on any atom is 0.278 e. The third-order valence-electron chi connectivity index (χ3n) is 4.57. The lowest BCUT2D eigenvalue weighted by molar-refractivity contribution is -0.385. The quantitative estimate of drug-likeness (QED) is 0.256. The number of para-hydroxylation sites is 1. The van der Waals surface area contributed by atoms with Crippen molar-refractivity contribution in [2.24, 2.45) is 5.10 Å². The summed E-state index contributed by atoms with van der Waals surface area (Å²) in [6.07, 6.45) is 1.12. The van der Waals surface area contributed by atoms with Crippen molar-refractivity contribution in [3.05, 3.63) is 104 Å². The Morgan fingerprint density at radius 2 is 1.59 bits per heavy atom. The van der Waals surface area contributed by atoms with Crippen LogP contribution in [0.4, 0.5) is 5.69 Å². The van der Waals surface area contributed by atoms with Gasteiger partial charge in [0, 0.05) is 22.7 Å². The van der Waals surface area contributed by atoms with Crippen LogP contribution in [-0.2, 0) is 21.4 Å². The number of carbonyl (C=O) groups is 1. The smallest absolute Gasteiger partial charge is 0.272 e. The fraction of sp³-hybridized carbons (Fsp3) is 0.0909. The summed E-state index contributed by atoms with van der Waals surface area (Å²) in [6, 6.07) is 17.9. The van der Waals surface area contributed by atoms with Gasteiger partial charge in [0.1, 0.15) is 0 Å². The molecule has 0 aliphatic rings. The third kappa shape index (κ3) is 6.61. The average Bonchev–Trinajstić information content (AvgIpc) is 2.80. The zero-order valence-electron chi connectivity index (χ0n) is 17.5. The van der Waals surface area contributed by atoms with Crippen LogP contribution in [0, 0.1) is 10.1 Å². The normalized spacial score (nSPS) is 11.6. The van der Waals surface area contributed by atoms with Crippen molar-refractivity contribution in [2.75, 3.05) is 6.54 Å². The zero-order valence-corrected chi connectivity index (χ0v) is 19.8. The molecule has 0 radical (unpaired) electrons. The second-order valence-corrected chi connectivity index (χ2v) is 9.77. The molecular formula is C22H18Cl2N4O5S. The van der Waals surface area contributed by atoms with Crippen molar-refractivity contribution in [1.29, 1.82) is 0 Å². The van der Waals surface area contributed by atoms with Gasteiger partial charge in [0.05, 0.1) is 28.1 Å². The van der Waals surface area contributed by atoms with E-state index in [2.05, 4.69) is 10.5 Å². The van der Waals surface area contributed by atoms with E-state index in [0.717, 1.165) is 10.5 Å². The Hall–Kier alpha value is -3.31. The zero-order chi connectivity index (χ0) is 24.7. The van der Waals surface area contributed by atoms with Crippen LogP contribution in [0.2, 0.25) is 10.0 Å². The van der Waals surface area contributed by atoms with Gasteiger partial charge in [-0.25, -0.2) is 13.8 Å². The van der Waals surface area contributed by atoms with Crippen LogP contribution in [-0.4, -0.2) is 36.3 Å². The Labute approximate surface area is 205 Å². The number of sulfonamides is 1. The average molecular weight is 521 g/mol. The topological polar surface area (TPSA) is 122 Å². The van der Waals surface area contributed by atoms with Gasteiger partial charge >= 0.3 is 0 Å². The van der Waals surface area contributed by atoms with E-state index in [4.69, 9.17) is 23.2 Å². The molecule has 0 aliphatic carbocycles. The largest absolute Gasteiger partial charge is 0.278 e. The van der Waals surface area contributed by atoms with Gasteiger partial charge in [-0.15, -0.1) is 0 Å². The second-order valence-electron chi connectivity index (χ2n) is 6.96. The summed E-state index contributed by atoms with van der Waals surface area (Å²) in [5, 5.41) is 15.7. The molecule has 0 bridgehead atoms. The second kappa shape index (κ2) is 11.2. The SMILES string of the molecule is O=C(CN(Cc1ccc(Cl)cc1)S(=O)(=O)c1ccc(Cl)cc1)N/N=C\c1ccccc1[N+](=O)[O-]. The van der Waals surface area contributed by atoms with Crippen molar-refractivity contribution in [3.8, 4) is 0 Å². The van der Waals surface area contributed by atoms with E-state index >= 15 is 0 Å². The van der Waals surface area contributed by atoms with Crippen molar-refractivity contribution in [3.63, 3.8) is 0 Å². The Bertz CT molecular complexity index is 1310. The molecule has 0 saturated heterocycles. The molecule has 1 amide bonds. The van der Waals surface area contributed by atoms with E-state index in [1.54, 1.807) is 30.3 Å². The molecule has 176 valence electrons. The summed E-state index contributed by atoms with van der Waals surface area (Å²) in [5.41, 5.74) is 2.82. The first-order valence-electron chi connectivity index (χ1n) is 9.72. The summed E-state index contributed by atoms with van der Waals surface area (Å²) < 4.78 is 27.4. The van der Waals surface area contributed by atoms with Crippen LogP contribution in [0.3, 0.4) is 0 Å². The molecule has 0 heterocycles. The molecule has 9 nitrogen and oxygen atoms in total. The van der Waals surface area contributed by atoms with Crippen LogP contribution >= 0.6 is 23.2 Å². The van der Waals surface area contributed by atoms with E-state index in [9.17, 15) is 23.3 Å². The molecule has 12 heteroatoms. The van der Waals surface area contributed by atoms with E-state index in [1.807, 2.05) is 0 Å². The molecule has 0 atom stereocenters. The highest BCUT2D eigenvalue weighted by molar-refractivity contribution is 7.89. The van der Waals surface area contributed by atoms with Gasteiger partial charge < -0.3 is 0 Å². The lowest BCUT2D eigenvalue weighted by Gasteiger charge is -2.21. The van der Waals surface area contributed by atoms with Crippen LogP contribution in [0.1, 0.15) is 11.1 Å². The van der Waals surface area contributed by atoms with Crippen LogP contribution in [0.15, 0.2) is 82.8 Å². The number of nitrogens with zero attached hydrogens (tertiary/aromatic N) is 3. The number of hydrogen-bond acceptors (Lipinski definition) is 6. The first kappa shape index (κ1) is 25.3. The van der Waals surface area contributed by atoms with Gasteiger partial charge in [-0.2, -0.15) is 9.41 Å². The van der Waals surface area contributed by atoms with Gasteiger partial charge in [0.25, 0.3) is 11.6 Å². The van der Waals surface area contributed by atoms with E-state index in [-0.39, 0.29) is 22.7 Å². The Kier molecular flexibility index (Phi) is 8.35. The molecule has 0 spiro atoms. The summed E-state index contributed by atoms with van der Waals surface area (Å²) in [4.78, 5) is 23.0. The molecule has 0 saturated carbocycles. The molecular weight excluding hydrogens is 503 g/mol. The molecule has 3 rings (SSSR count). The number of nitro benzene ring substituents is 1. The van der Waals surface area contributed by atoms with Gasteiger partial charge in [-0.3, -0.25) is 14.9 Å².